The molecule has 2 fully saturated rings. The fourth-order valence-corrected chi connectivity index (χ4v) is 5.70. The second kappa shape index (κ2) is 21.0. The Morgan fingerprint density at radius 1 is 0.685 bits per heavy atom. The zero-order chi connectivity index (χ0) is 40.2. The van der Waals surface area contributed by atoms with E-state index in [-0.39, 0.29) is 13.2 Å². The van der Waals surface area contributed by atoms with Crippen LogP contribution >= 0.6 is 34.8 Å². The normalized spacial score (nSPS) is 28.2. The molecule has 3 rings (SSSR count). The molecule has 0 bridgehead atoms. The second-order valence-corrected chi connectivity index (χ2v) is 14.4. The van der Waals surface area contributed by atoms with Crippen LogP contribution in [0, 0.1) is 0 Å². The van der Waals surface area contributed by atoms with Crippen LogP contribution in [0.4, 0.5) is 4.79 Å². The average Bonchev–Trinajstić information content (AvgIpc) is 3.07. The Labute approximate surface area is 325 Å². The van der Waals surface area contributed by atoms with Gasteiger partial charge in [-0.25, -0.2) is 4.79 Å². The van der Waals surface area contributed by atoms with Crippen LogP contribution in [0.1, 0.15) is 40.2 Å². The fraction of sp³-hybridized carbons (Fsp3) is 0.636. The molecule has 2 aliphatic heterocycles. The standard InChI is InChI=1S/C33H42Cl3NO17/c1-16(38)37-24-27(54-32(43)47-15-33(34,35)36)25(22(51-30(24)44-6)13-45-12-21-10-8-7-9-11-21)53-31-29(50-20(5)42)28(49-19(4)41)26(48-18(3)40)23(52-31)14-46-17(2)39/h7-11,22-31H,12-15H2,1-6H3,(H,37,38)/t22-,23-,24-,25-,26-,27-,28+,29-,30-,31+/m1/s1. The first-order chi connectivity index (χ1) is 25.4. The Morgan fingerprint density at radius 3 is 1.81 bits per heavy atom. The van der Waals surface area contributed by atoms with E-state index in [0.29, 0.717) is 0 Å². The molecule has 0 aromatic heterocycles. The maximum atomic E-state index is 13.1. The lowest BCUT2D eigenvalue weighted by Gasteiger charge is -2.49. The third-order valence-corrected chi connectivity index (χ3v) is 7.79. The van der Waals surface area contributed by atoms with E-state index >= 15 is 0 Å². The van der Waals surface area contributed by atoms with Crippen molar-refractivity contribution in [3.8, 4) is 0 Å². The highest BCUT2D eigenvalue weighted by Crippen LogP contribution is 2.35. The first-order valence-electron chi connectivity index (χ1n) is 16.3. The highest BCUT2D eigenvalue weighted by Gasteiger charge is 2.57. The van der Waals surface area contributed by atoms with Gasteiger partial charge in [-0.1, -0.05) is 65.1 Å². The number of esters is 4. The molecule has 302 valence electrons. The number of benzene rings is 1. The van der Waals surface area contributed by atoms with Gasteiger partial charge in [-0.15, -0.1) is 0 Å². The molecule has 0 aliphatic carbocycles. The number of halogens is 3. The van der Waals surface area contributed by atoms with E-state index in [1.807, 2.05) is 18.2 Å². The van der Waals surface area contributed by atoms with Crippen LogP contribution in [0.2, 0.25) is 0 Å². The molecule has 2 heterocycles. The number of amides is 1. The minimum absolute atomic E-state index is 0.0794. The van der Waals surface area contributed by atoms with Gasteiger partial charge in [0.2, 0.25) is 9.70 Å². The SMILES string of the molecule is CO[C@@H]1O[C@H](COCc2ccccc2)[C@@H](O[C@@H]2O[C@H](COC(C)=O)[C@@H](OC(C)=O)[C@H](OC(C)=O)[C@H]2OC(C)=O)[C@H](OC(=O)OCC(Cl)(Cl)Cl)[C@H]1NC(C)=O. The predicted octanol–water partition coefficient (Wildman–Crippen LogP) is 2.44. The average molecular weight is 831 g/mol. The molecule has 54 heavy (non-hydrogen) atoms. The van der Waals surface area contributed by atoms with Crippen LogP contribution in [-0.4, -0.2) is 128 Å². The summed E-state index contributed by atoms with van der Waals surface area (Å²) in [6.45, 7) is 3.94. The van der Waals surface area contributed by atoms with Crippen LogP contribution in [0.25, 0.3) is 0 Å². The number of carbonyl (C=O) groups excluding carboxylic acids is 6. The number of alkyl halides is 3. The van der Waals surface area contributed by atoms with Crippen LogP contribution in [0.3, 0.4) is 0 Å². The highest BCUT2D eigenvalue weighted by atomic mass is 35.6. The van der Waals surface area contributed by atoms with Gasteiger partial charge in [0.1, 0.15) is 37.6 Å². The first-order valence-corrected chi connectivity index (χ1v) is 17.4. The van der Waals surface area contributed by atoms with E-state index in [9.17, 15) is 28.8 Å². The molecule has 2 aliphatic rings. The van der Waals surface area contributed by atoms with Crippen molar-refractivity contribution in [1.29, 1.82) is 0 Å². The van der Waals surface area contributed by atoms with Crippen molar-refractivity contribution in [3.63, 3.8) is 0 Å². The Morgan fingerprint density at radius 2 is 1.26 bits per heavy atom. The molecule has 0 unspecified atom stereocenters. The fourth-order valence-electron chi connectivity index (χ4n) is 5.54. The molecule has 0 radical (unpaired) electrons. The van der Waals surface area contributed by atoms with E-state index in [1.165, 1.54) is 14.0 Å². The highest BCUT2D eigenvalue weighted by molar-refractivity contribution is 6.67. The lowest BCUT2D eigenvalue weighted by molar-refractivity contribution is -0.349. The molecule has 0 spiro atoms. The Hall–Kier alpha value is -3.49. The minimum atomic E-state index is -2.03. The summed E-state index contributed by atoms with van der Waals surface area (Å²) in [5.74, 6) is -4.00. The van der Waals surface area contributed by atoms with Crippen LogP contribution in [0.15, 0.2) is 30.3 Å². The van der Waals surface area contributed by atoms with Crippen molar-refractivity contribution in [2.24, 2.45) is 0 Å². The Bertz CT molecular complexity index is 1450. The van der Waals surface area contributed by atoms with Gasteiger partial charge < -0.3 is 57.4 Å². The monoisotopic (exact) mass is 829 g/mol. The lowest BCUT2D eigenvalue weighted by Crippen LogP contribution is -2.69. The summed E-state index contributed by atoms with van der Waals surface area (Å²) in [5.41, 5.74) is 0.785. The summed E-state index contributed by atoms with van der Waals surface area (Å²) in [5, 5.41) is 2.60. The van der Waals surface area contributed by atoms with Crippen molar-refractivity contribution in [2.75, 3.05) is 26.9 Å². The number of methoxy groups -OCH3 is 1. The van der Waals surface area contributed by atoms with Gasteiger partial charge in [0, 0.05) is 41.7 Å². The maximum absolute atomic E-state index is 13.1. The summed E-state index contributed by atoms with van der Waals surface area (Å²) in [7, 11) is 1.26. The number of hydrogen-bond acceptors (Lipinski definition) is 17. The van der Waals surface area contributed by atoms with Crippen LogP contribution < -0.4 is 5.32 Å². The van der Waals surface area contributed by atoms with Gasteiger partial charge in [-0.2, -0.15) is 0 Å². The number of hydrogen-bond donors (Lipinski definition) is 1. The third kappa shape index (κ3) is 14.3. The quantitative estimate of drug-likeness (QED) is 0.153. The largest absolute Gasteiger partial charge is 0.508 e. The molecule has 21 heteroatoms. The van der Waals surface area contributed by atoms with Gasteiger partial charge in [0.25, 0.3) is 0 Å². The van der Waals surface area contributed by atoms with E-state index in [2.05, 4.69) is 5.32 Å². The summed E-state index contributed by atoms with van der Waals surface area (Å²) < 4.78 is 60.5. The number of nitrogens with one attached hydrogen (secondary N) is 1. The van der Waals surface area contributed by atoms with Gasteiger partial charge in [0.05, 0.1) is 13.2 Å². The zero-order valence-electron chi connectivity index (χ0n) is 30.1. The third-order valence-electron chi connectivity index (χ3n) is 7.47. The van der Waals surface area contributed by atoms with Gasteiger partial charge in [-0.05, 0) is 5.56 Å². The number of ether oxygens (including phenoxy) is 11. The van der Waals surface area contributed by atoms with Crippen molar-refractivity contribution in [2.45, 2.75) is 106 Å². The molecular weight excluding hydrogens is 789 g/mol. The first kappa shape index (κ1) is 44.9. The molecule has 1 amide bonds. The van der Waals surface area contributed by atoms with Gasteiger partial charge in [-0.3, -0.25) is 24.0 Å². The van der Waals surface area contributed by atoms with E-state index in [4.69, 9.17) is 86.9 Å². The zero-order valence-corrected chi connectivity index (χ0v) is 32.3. The summed E-state index contributed by atoms with van der Waals surface area (Å²) in [6, 6.07) is 7.72. The number of rotatable bonds is 15. The maximum Gasteiger partial charge on any atom is 0.508 e. The van der Waals surface area contributed by atoms with E-state index in [0.717, 1.165) is 33.3 Å². The molecule has 1 aromatic rings. The van der Waals surface area contributed by atoms with Crippen LogP contribution in [-0.2, 0) is 82.7 Å². The minimum Gasteiger partial charge on any atom is -0.463 e. The summed E-state index contributed by atoms with van der Waals surface area (Å²) >= 11 is 17.3. The molecular formula is C33H42Cl3NO17. The van der Waals surface area contributed by atoms with Crippen molar-refractivity contribution < 1.29 is 80.9 Å². The van der Waals surface area contributed by atoms with Crippen molar-refractivity contribution >= 4 is 70.7 Å². The summed E-state index contributed by atoms with van der Waals surface area (Å²) in [4.78, 5) is 74.5. The summed E-state index contributed by atoms with van der Waals surface area (Å²) in [6.07, 6.45) is -15.0. The smallest absolute Gasteiger partial charge is 0.463 e. The topological polar surface area (TPSA) is 216 Å². The van der Waals surface area contributed by atoms with Crippen molar-refractivity contribution in [1.82, 2.24) is 5.32 Å². The van der Waals surface area contributed by atoms with Crippen LogP contribution in [0.5, 0.6) is 0 Å². The molecule has 1 aromatic carbocycles. The van der Waals surface area contributed by atoms with Crippen molar-refractivity contribution in [3.05, 3.63) is 35.9 Å². The Kier molecular flexibility index (Phi) is 17.5. The lowest BCUT2D eigenvalue weighted by atomic mass is 9.94. The molecule has 2 saturated heterocycles. The van der Waals surface area contributed by atoms with Gasteiger partial charge >= 0.3 is 30.0 Å². The molecule has 1 N–H and O–H groups in total. The van der Waals surface area contributed by atoms with Gasteiger partial charge in [0.15, 0.2) is 37.0 Å². The predicted molar refractivity (Wildman–Crippen MR) is 183 cm³/mol. The second-order valence-electron chi connectivity index (χ2n) is 11.9. The molecule has 18 nitrogen and oxygen atoms in total. The van der Waals surface area contributed by atoms with E-state index in [1.54, 1.807) is 12.1 Å². The molecule has 0 saturated carbocycles. The number of carbonyl (C=O) groups is 6. The Balaban J connectivity index is 2.15. The van der Waals surface area contributed by atoms with E-state index < -0.39 is 114 Å². The molecule has 10 atom stereocenters.